The topological polar surface area (TPSA) is 84.3 Å². The predicted molar refractivity (Wildman–Crippen MR) is 115 cm³/mol. The lowest BCUT2D eigenvalue weighted by Crippen LogP contribution is -2.38. The van der Waals surface area contributed by atoms with E-state index in [0.29, 0.717) is 31.3 Å². The monoisotopic (exact) mass is 426 g/mol. The number of urea groups is 1. The highest BCUT2D eigenvalue weighted by molar-refractivity contribution is 6.30. The molecular weight excluding hydrogens is 404 g/mol. The zero-order valence-corrected chi connectivity index (χ0v) is 17.2. The van der Waals surface area contributed by atoms with E-state index in [1.54, 1.807) is 17.1 Å². The predicted octanol–water partition coefficient (Wildman–Crippen LogP) is 2.76. The SMILES string of the molecule is O=C(NCc1cnn(-c2ccc(Cl)cc2)c1)NCc1cccnc1N1CCOCC1. The summed E-state index contributed by atoms with van der Waals surface area (Å²) in [5, 5.41) is 10.8. The third-order valence-electron chi connectivity index (χ3n) is 4.80. The second-order valence-corrected chi connectivity index (χ2v) is 7.33. The smallest absolute Gasteiger partial charge is 0.315 e. The summed E-state index contributed by atoms with van der Waals surface area (Å²) >= 11 is 5.92. The van der Waals surface area contributed by atoms with Gasteiger partial charge in [-0.1, -0.05) is 17.7 Å². The van der Waals surface area contributed by atoms with Crippen LogP contribution in [-0.4, -0.2) is 47.1 Å². The van der Waals surface area contributed by atoms with Crippen molar-refractivity contribution in [3.05, 3.63) is 71.1 Å². The number of nitrogens with zero attached hydrogens (tertiary/aromatic N) is 4. The van der Waals surface area contributed by atoms with E-state index in [2.05, 4.69) is 25.6 Å². The fourth-order valence-electron chi connectivity index (χ4n) is 3.23. The number of benzene rings is 1. The number of hydrogen-bond acceptors (Lipinski definition) is 5. The molecule has 0 unspecified atom stereocenters. The van der Waals surface area contributed by atoms with Gasteiger partial charge in [-0.3, -0.25) is 0 Å². The number of morpholine rings is 1. The van der Waals surface area contributed by atoms with Crippen LogP contribution >= 0.6 is 11.6 Å². The molecule has 0 spiro atoms. The number of aromatic nitrogens is 3. The number of hydrogen-bond donors (Lipinski definition) is 2. The van der Waals surface area contributed by atoms with Crippen molar-refractivity contribution in [3.63, 3.8) is 0 Å². The average Bonchev–Trinajstić information content (AvgIpc) is 3.27. The van der Waals surface area contributed by atoms with E-state index in [-0.39, 0.29) is 6.03 Å². The Labute approximate surface area is 179 Å². The van der Waals surface area contributed by atoms with E-state index >= 15 is 0 Å². The molecule has 0 radical (unpaired) electrons. The number of rotatable bonds is 6. The summed E-state index contributed by atoms with van der Waals surface area (Å²) in [6.07, 6.45) is 5.38. The van der Waals surface area contributed by atoms with Gasteiger partial charge in [-0.15, -0.1) is 0 Å². The fraction of sp³-hybridized carbons (Fsp3) is 0.286. The normalized spacial score (nSPS) is 13.8. The van der Waals surface area contributed by atoms with Gasteiger partial charge in [0.25, 0.3) is 0 Å². The largest absolute Gasteiger partial charge is 0.378 e. The van der Waals surface area contributed by atoms with E-state index < -0.39 is 0 Å². The minimum atomic E-state index is -0.244. The maximum atomic E-state index is 12.3. The summed E-state index contributed by atoms with van der Waals surface area (Å²) in [4.78, 5) is 18.9. The first-order valence-corrected chi connectivity index (χ1v) is 10.1. The van der Waals surface area contributed by atoms with Crippen molar-refractivity contribution in [2.75, 3.05) is 31.2 Å². The Bertz CT molecular complexity index is 985. The molecule has 3 aromatic rings. The molecule has 9 heteroatoms. The van der Waals surface area contributed by atoms with Crippen LogP contribution in [0.15, 0.2) is 55.0 Å². The van der Waals surface area contributed by atoms with Gasteiger partial charge in [0.15, 0.2) is 0 Å². The summed E-state index contributed by atoms with van der Waals surface area (Å²) in [6.45, 7) is 3.75. The first kappa shape index (κ1) is 20.2. The molecule has 2 aromatic heterocycles. The molecule has 0 atom stereocenters. The zero-order chi connectivity index (χ0) is 20.8. The Morgan fingerprint density at radius 1 is 1.10 bits per heavy atom. The minimum Gasteiger partial charge on any atom is -0.378 e. The molecule has 3 heterocycles. The number of pyridine rings is 1. The molecule has 1 aromatic carbocycles. The second kappa shape index (κ2) is 9.60. The molecular formula is C21H23ClN6O2. The lowest BCUT2D eigenvalue weighted by Gasteiger charge is -2.29. The van der Waals surface area contributed by atoms with Crippen LogP contribution in [0.2, 0.25) is 5.02 Å². The molecule has 4 rings (SSSR count). The van der Waals surface area contributed by atoms with Gasteiger partial charge >= 0.3 is 6.03 Å². The number of ether oxygens (including phenoxy) is 1. The van der Waals surface area contributed by atoms with Crippen molar-refractivity contribution in [1.29, 1.82) is 0 Å². The standard InChI is InChI=1S/C21H23ClN6O2/c22-18-3-5-19(6-4-18)28-15-16(13-26-28)12-24-21(29)25-14-17-2-1-7-23-20(17)27-8-10-30-11-9-27/h1-7,13,15H,8-12,14H2,(H2,24,25,29). The maximum Gasteiger partial charge on any atom is 0.315 e. The van der Waals surface area contributed by atoms with Gasteiger partial charge in [-0.25, -0.2) is 14.5 Å². The number of carbonyl (C=O) groups excluding carboxylic acids is 1. The van der Waals surface area contributed by atoms with E-state index in [1.807, 2.05) is 42.6 Å². The Balaban J connectivity index is 1.29. The second-order valence-electron chi connectivity index (χ2n) is 6.89. The number of nitrogens with one attached hydrogen (secondary N) is 2. The summed E-state index contributed by atoms with van der Waals surface area (Å²) in [5.41, 5.74) is 2.78. The van der Waals surface area contributed by atoms with Crippen LogP contribution in [0.1, 0.15) is 11.1 Å². The summed E-state index contributed by atoms with van der Waals surface area (Å²) in [7, 11) is 0. The molecule has 8 nitrogen and oxygen atoms in total. The molecule has 30 heavy (non-hydrogen) atoms. The Morgan fingerprint density at radius 3 is 2.67 bits per heavy atom. The third-order valence-corrected chi connectivity index (χ3v) is 5.05. The van der Waals surface area contributed by atoms with Crippen LogP contribution in [0.25, 0.3) is 5.69 Å². The molecule has 1 aliphatic heterocycles. The lowest BCUT2D eigenvalue weighted by atomic mass is 10.2. The van der Waals surface area contributed by atoms with Crippen molar-refractivity contribution >= 4 is 23.4 Å². The highest BCUT2D eigenvalue weighted by atomic mass is 35.5. The van der Waals surface area contributed by atoms with Crippen molar-refractivity contribution in [3.8, 4) is 5.69 Å². The Morgan fingerprint density at radius 2 is 1.87 bits per heavy atom. The van der Waals surface area contributed by atoms with Gasteiger partial charge in [0.2, 0.25) is 0 Å². The van der Waals surface area contributed by atoms with Crippen LogP contribution in [0, 0.1) is 0 Å². The van der Waals surface area contributed by atoms with E-state index in [1.165, 1.54) is 0 Å². The van der Waals surface area contributed by atoms with Gasteiger partial charge in [-0.05, 0) is 30.3 Å². The van der Waals surface area contributed by atoms with Crippen LogP contribution in [0.3, 0.4) is 0 Å². The van der Waals surface area contributed by atoms with Crippen LogP contribution < -0.4 is 15.5 Å². The molecule has 1 saturated heterocycles. The molecule has 1 fully saturated rings. The fourth-order valence-corrected chi connectivity index (χ4v) is 3.36. The van der Waals surface area contributed by atoms with Crippen molar-refractivity contribution in [2.45, 2.75) is 13.1 Å². The third kappa shape index (κ3) is 5.08. The maximum absolute atomic E-state index is 12.3. The van der Waals surface area contributed by atoms with Gasteiger partial charge < -0.3 is 20.3 Å². The van der Waals surface area contributed by atoms with E-state index in [4.69, 9.17) is 16.3 Å². The summed E-state index contributed by atoms with van der Waals surface area (Å²) in [5.74, 6) is 0.894. The molecule has 2 amide bonds. The highest BCUT2D eigenvalue weighted by Gasteiger charge is 2.16. The summed E-state index contributed by atoms with van der Waals surface area (Å²) in [6, 6.07) is 11.0. The number of carbonyl (C=O) groups is 1. The van der Waals surface area contributed by atoms with Crippen molar-refractivity contribution < 1.29 is 9.53 Å². The van der Waals surface area contributed by atoms with Gasteiger partial charge in [0, 0.05) is 54.7 Å². The van der Waals surface area contributed by atoms with Crippen LogP contribution in [-0.2, 0) is 17.8 Å². The van der Waals surface area contributed by atoms with Gasteiger partial charge in [0.1, 0.15) is 5.82 Å². The van der Waals surface area contributed by atoms with Crippen molar-refractivity contribution in [2.24, 2.45) is 0 Å². The van der Waals surface area contributed by atoms with E-state index in [9.17, 15) is 4.79 Å². The molecule has 156 valence electrons. The van der Waals surface area contributed by atoms with Crippen LogP contribution in [0.4, 0.5) is 10.6 Å². The Kier molecular flexibility index (Phi) is 6.46. The zero-order valence-electron chi connectivity index (χ0n) is 16.4. The molecule has 0 aliphatic carbocycles. The van der Waals surface area contributed by atoms with E-state index in [0.717, 1.165) is 35.7 Å². The molecule has 0 bridgehead atoms. The van der Waals surface area contributed by atoms with Gasteiger partial charge in [-0.2, -0.15) is 5.10 Å². The number of halogens is 1. The number of anilines is 1. The lowest BCUT2D eigenvalue weighted by molar-refractivity contribution is 0.122. The average molecular weight is 427 g/mol. The van der Waals surface area contributed by atoms with Crippen molar-refractivity contribution in [1.82, 2.24) is 25.4 Å². The first-order chi connectivity index (χ1) is 14.7. The molecule has 2 N–H and O–H groups in total. The van der Waals surface area contributed by atoms with Crippen LogP contribution in [0.5, 0.6) is 0 Å². The molecule has 0 saturated carbocycles. The quantitative estimate of drug-likeness (QED) is 0.633. The van der Waals surface area contributed by atoms with Gasteiger partial charge in [0.05, 0.1) is 25.1 Å². The summed E-state index contributed by atoms with van der Waals surface area (Å²) < 4.78 is 7.15. The molecule has 1 aliphatic rings. The first-order valence-electron chi connectivity index (χ1n) is 9.77. The Hall–Kier alpha value is -3.10. The number of amides is 2. The minimum absolute atomic E-state index is 0.244. The highest BCUT2D eigenvalue weighted by Crippen LogP contribution is 2.18.